The Morgan fingerprint density at radius 1 is 1.26 bits per heavy atom. The second-order valence-corrected chi connectivity index (χ2v) is 5.83. The van der Waals surface area contributed by atoms with E-state index >= 15 is 0 Å². The van der Waals surface area contributed by atoms with Gasteiger partial charge in [-0.05, 0) is 31.2 Å². The summed E-state index contributed by atoms with van der Waals surface area (Å²) in [6.07, 6.45) is -0.631. The number of hydrogen-bond donors (Lipinski definition) is 0. The summed E-state index contributed by atoms with van der Waals surface area (Å²) in [7, 11) is 6.13. The molecule has 0 amide bonds. The first kappa shape index (κ1) is 15.8. The van der Waals surface area contributed by atoms with Gasteiger partial charge < -0.3 is 14.0 Å². The number of carbonyl (C=O) groups is 1. The predicted octanol–water partition coefficient (Wildman–Crippen LogP) is 2.36. The molecule has 0 fully saturated rings. The van der Waals surface area contributed by atoms with Gasteiger partial charge in [0.15, 0.2) is 6.10 Å². The van der Waals surface area contributed by atoms with Crippen LogP contribution in [0.15, 0.2) is 24.3 Å². The molecular weight excluding hydrogens is 266 g/mol. The summed E-state index contributed by atoms with van der Waals surface area (Å²) in [5, 5.41) is 0.630. The van der Waals surface area contributed by atoms with Crippen LogP contribution in [0.4, 0.5) is 0 Å². The molecule has 5 heteroatoms. The van der Waals surface area contributed by atoms with Crippen LogP contribution in [-0.2, 0) is 9.53 Å². The maximum atomic E-state index is 11.7. The fourth-order valence-electron chi connectivity index (χ4n) is 1.30. The lowest BCUT2D eigenvalue weighted by Gasteiger charge is -2.23. The molecule has 0 heterocycles. The molecular formula is C14H21ClNO3+. The molecule has 1 aromatic carbocycles. The molecule has 0 aliphatic rings. The lowest BCUT2D eigenvalue weighted by atomic mass is 10.3. The number of nitrogens with zero attached hydrogens (tertiary/aromatic N) is 1. The minimum absolute atomic E-state index is 0.358. The highest BCUT2D eigenvalue weighted by Gasteiger charge is 2.17. The van der Waals surface area contributed by atoms with E-state index in [1.54, 1.807) is 31.2 Å². The van der Waals surface area contributed by atoms with E-state index in [1.165, 1.54) is 0 Å². The average Bonchev–Trinajstić information content (AvgIpc) is 2.30. The number of benzene rings is 1. The van der Waals surface area contributed by atoms with Crippen LogP contribution in [-0.4, -0.2) is 50.9 Å². The maximum Gasteiger partial charge on any atom is 0.347 e. The highest BCUT2D eigenvalue weighted by Crippen LogP contribution is 2.17. The molecule has 19 heavy (non-hydrogen) atoms. The first-order valence-corrected chi connectivity index (χ1v) is 6.55. The molecule has 0 bridgehead atoms. The first-order chi connectivity index (χ1) is 8.78. The Morgan fingerprint density at radius 3 is 2.37 bits per heavy atom. The molecule has 0 N–H and O–H groups in total. The van der Waals surface area contributed by atoms with Gasteiger partial charge in [-0.15, -0.1) is 0 Å². The van der Waals surface area contributed by atoms with Crippen molar-refractivity contribution in [3.05, 3.63) is 29.3 Å². The van der Waals surface area contributed by atoms with Gasteiger partial charge in [0.05, 0.1) is 21.1 Å². The zero-order valence-corrected chi connectivity index (χ0v) is 12.6. The summed E-state index contributed by atoms with van der Waals surface area (Å²) < 4.78 is 11.4. The molecule has 0 aliphatic carbocycles. The van der Waals surface area contributed by atoms with Crippen LogP contribution in [0.3, 0.4) is 0 Å². The van der Waals surface area contributed by atoms with E-state index in [0.717, 1.165) is 11.0 Å². The van der Waals surface area contributed by atoms with Crippen LogP contribution in [0.2, 0.25) is 5.02 Å². The maximum absolute atomic E-state index is 11.7. The number of esters is 1. The molecule has 1 unspecified atom stereocenters. The highest BCUT2D eigenvalue weighted by atomic mass is 35.5. The molecule has 1 aromatic rings. The summed E-state index contributed by atoms with van der Waals surface area (Å²) in [6, 6.07) is 6.87. The summed E-state index contributed by atoms with van der Waals surface area (Å²) in [4.78, 5) is 11.7. The van der Waals surface area contributed by atoms with E-state index in [1.807, 2.05) is 21.1 Å². The van der Waals surface area contributed by atoms with Gasteiger partial charge in [0, 0.05) is 5.02 Å². The van der Waals surface area contributed by atoms with Crippen LogP contribution in [0.5, 0.6) is 5.75 Å². The molecule has 0 radical (unpaired) electrons. The third kappa shape index (κ3) is 6.45. The zero-order chi connectivity index (χ0) is 14.5. The monoisotopic (exact) mass is 286 g/mol. The van der Waals surface area contributed by atoms with Crippen molar-refractivity contribution in [3.8, 4) is 5.75 Å². The minimum Gasteiger partial charge on any atom is -0.479 e. The summed E-state index contributed by atoms with van der Waals surface area (Å²) in [6.45, 7) is 2.82. The Bertz CT molecular complexity index is 412. The number of carbonyl (C=O) groups excluding carboxylic acids is 1. The lowest BCUT2D eigenvalue weighted by molar-refractivity contribution is -0.870. The van der Waals surface area contributed by atoms with Gasteiger partial charge in [-0.1, -0.05) is 11.6 Å². The van der Waals surface area contributed by atoms with Crippen LogP contribution in [0.1, 0.15) is 6.92 Å². The van der Waals surface area contributed by atoms with Crippen molar-refractivity contribution >= 4 is 17.6 Å². The Balaban J connectivity index is 2.38. The predicted molar refractivity (Wildman–Crippen MR) is 75.4 cm³/mol. The van der Waals surface area contributed by atoms with E-state index < -0.39 is 6.10 Å². The van der Waals surface area contributed by atoms with E-state index in [2.05, 4.69) is 0 Å². The van der Waals surface area contributed by atoms with E-state index in [9.17, 15) is 4.79 Å². The quantitative estimate of drug-likeness (QED) is 0.595. The van der Waals surface area contributed by atoms with Crippen molar-refractivity contribution in [2.24, 2.45) is 0 Å². The molecule has 0 saturated carbocycles. The third-order valence-electron chi connectivity index (χ3n) is 2.46. The Morgan fingerprint density at radius 2 is 1.84 bits per heavy atom. The topological polar surface area (TPSA) is 35.5 Å². The smallest absolute Gasteiger partial charge is 0.347 e. The van der Waals surface area contributed by atoms with Crippen molar-refractivity contribution in [1.29, 1.82) is 0 Å². The average molecular weight is 287 g/mol. The summed E-state index contributed by atoms with van der Waals surface area (Å²) in [5.74, 6) is 0.240. The molecule has 0 aliphatic heterocycles. The van der Waals surface area contributed by atoms with Crippen LogP contribution in [0, 0.1) is 0 Å². The van der Waals surface area contributed by atoms with E-state index in [0.29, 0.717) is 17.4 Å². The van der Waals surface area contributed by atoms with Crippen molar-refractivity contribution < 1.29 is 18.8 Å². The normalized spacial score (nSPS) is 12.9. The zero-order valence-electron chi connectivity index (χ0n) is 11.9. The highest BCUT2D eigenvalue weighted by molar-refractivity contribution is 6.30. The Kier molecular flexibility index (Phi) is 5.63. The van der Waals surface area contributed by atoms with Crippen LogP contribution in [0.25, 0.3) is 0 Å². The Labute approximate surface area is 119 Å². The van der Waals surface area contributed by atoms with Crippen molar-refractivity contribution in [2.45, 2.75) is 13.0 Å². The SMILES string of the molecule is CC(Oc1ccc(Cl)cc1)C(=O)OCC[N+](C)(C)C. The fraction of sp³-hybridized carbons (Fsp3) is 0.500. The largest absolute Gasteiger partial charge is 0.479 e. The van der Waals surface area contributed by atoms with E-state index in [4.69, 9.17) is 21.1 Å². The number of quaternary nitrogens is 1. The van der Waals surface area contributed by atoms with Crippen molar-refractivity contribution in [3.63, 3.8) is 0 Å². The van der Waals surface area contributed by atoms with E-state index in [-0.39, 0.29) is 5.97 Å². The van der Waals surface area contributed by atoms with Gasteiger partial charge >= 0.3 is 5.97 Å². The molecule has 0 spiro atoms. The second kappa shape index (κ2) is 6.78. The van der Waals surface area contributed by atoms with Crippen LogP contribution >= 0.6 is 11.6 Å². The molecule has 106 valence electrons. The number of rotatable bonds is 6. The van der Waals surface area contributed by atoms with Gasteiger partial charge in [0.2, 0.25) is 0 Å². The standard InChI is InChI=1S/C14H21ClNO3/c1-11(14(17)18-10-9-16(2,3)4)19-13-7-5-12(15)6-8-13/h5-8,11H,9-10H2,1-4H3/q+1. The minimum atomic E-state index is -0.631. The van der Waals surface area contributed by atoms with Gasteiger partial charge in [-0.25, -0.2) is 4.79 Å². The molecule has 4 nitrogen and oxygen atoms in total. The molecule has 1 atom stereocenters. The third-order valence-corrected chi connectivity index (χ3v) is 2.72. The number of halogens is 1. The second-order valence-electron chi connectivity index (χ2n) is 5.40. The number of ether oxygens (including phenoxy) is 2. The number of hydrogen-bond acceptors (Lipinski definition) is 3. The van der Waals surface area contributed by atoms with Gasteiger partial charge in [-0.2, -0.15) is 0 Å². The van der Waals surface area contributed by atoms with Crippen LogP contribution < -0.4 is 4.74 Å². The van der Waals surface area contributed by atoms with Gasteiger partial charge in [-0.3, -0.25) is 0 Å². The van der Waals surface area contributed by atoms with Gasteiger partial charge in [0.1, 0.15) is 18.9 Å². The summed E-state index contributed by atoms with van der Waals surface area (Å²) >= 11 is 5.77. The lowest BCUT2D eigenvalue weighted by Crippen LogP contribution is -2.39. The fourth-order valence-corrected chi connectivity index (χ4v) is 1.43. The Hall–Kier alpha value is -1.26. The van der Waals surface area contributed by atoms with Gasteiger partial charge in [0.25, 0.3) is 0 Å². The molecule has 0 aromatic heterocycles. The van der Waals surface area contributed by atoms with Crippen molar-refractivity contribution in [2.75, 3.05) is 34.3 Å². The van der Waals surface area contributed by atoms with Crippen molar-refractivity contribution in [1.82, 2.24) is 0 Å². The first-order valence-electron chi connectivity index (χ1n) is 6.17. The number of likely N-dealkylation sites (N-methyl/N-ethyl adjacent to an activating group) is 1. The molecule has 0 saturated heterocycles. The molecule has 1 rings (SSSR count). The summed E-state index contributed by atoms with van der Waals surface area (Å²) in [5.41, 5.74) is 0.